The quantitative estimate of drug-likeness (QED) is 0.505. The largest absolute Gasteiger partial charge is 0.468 e. The summed E-state index contributed by atoms with van der Waals surface area (Å²) < 4.78 is 16.7. The van der Waals surface area contributed by atoms with Gasteiger partial charge in [-0.05, 0) is 51.7 Å². The molecule has 1 amide bonds. The molecule has 0 aromatic rings. The van der Waals surface area contributed by atoms with Gasteiger partial charge in [0.05, 0.1) is 19.8 Å². The predicted molar refractivity (Wildman–Crippen MR) is 113 cm³/mol. The highest BCUT2D eigenvalue weighted by Crippen LogP contribution is 2.39. The Kier molecular flexibility index (Phi) is 8.53. The van der Waals surface area contributed by atoms with Crippen LogP contribution in [0, 0.1) is 0 Å². The molecule has 1 saturated heterocycles. The smallest absolute Gasteiger partial charge is 0.407 e. The Morgan fingerprint density at radius 3 is 2.25 bits per heavy atom. The highest BCUT2D eigenvalue weighted by atomic mass is 28.4. The number of hydrogen-bond acceptors (Lipinski definition) is 6. The minimum absolute atomic E-state index is 0.0945. The van der Waals surface area contributed by atoms with Gasteiger partial charge in [0.2, 0.25) is 0 Å². The van der Waals surface area contributed by atoms with Crippen LogP contribution in [0.1, 0.15) is 54.4 Å². The van der Waals surface area contributed by atoms with Crippen LogP contribution in [-0.4, -0.2) is 69.8 Å². The van der Waals surface area contributed by atoms with Crippen molar-refractivity contribution in [3.63, 3.8) is 0 Å². The predicted octanol–water partition coefficient (Wildman–Crippen LogP) is 3.54. The summed E-state index contributed by atoms with van der Waals surface area (Å²) >= 11 is 0. The third-order valence-electron chi connectivity index (χ3n) is 5.46. The van der Waals surface area contributed by atoms with Gasteiger partial charge < -0.3 is 19.2 Å². The zero-order valence-electron chi connectivity index (χ0n) is 19.2. The Labute approximate surface area is 171 Å². The summed E-state index contributed by atoms with van der Waals surface area (Å²) in [7, 11) is -0.482. The van der Waals surface area contributed by atoms with Gasteiger partial charge in [-0.1, -0.05) is 20.8 Å². The number of ether oxygens (including phenoxy) is 2. The molecule has 1 aliphatic rings. The molecule has 1 rings (SSSR count). The van der Waals surface area contributed by atoms with Crippen molar-refractivity contribution < 1.29 is 23.5 Å². The van der Waals surface area contributed by atoms with Crippen molar-refractivity contribution in [3.8, 4) is 0 Å². The number of nitrogens with zero attached hydrogens (tertiary/aromatic N) is 1. The van der Waals surface area contributed by atoms with Crippen LogP contribution in [0.15, 0.2) is 0 Å². The molecule has 0 unspecified atom stereocenters. The number of alkyl carbamates (subject to hydrolysis) is 1. The van der Waals surface area contributed by atoms with Gasteiger partial charge in [-0.2, -0.15) is 0 Å². The van der Waals surface area contributed by atoms with Gasteiger partial charge >= 0.3 is 12.1 Å². The molecule has 1 aliphatic heterocycles. The van der Waals surface area contributed by atoms with E-state index in [0.717, 1.165) is 12.8 Å². The van der Waals surface area contributed by atoms with Crippen molar-refractivity contribution in [1.29, 1.82) is 0 Å². The number of carbonyl (C=O) groups is 2. The Bertz CT molecular complexity index is 540. The Hall–Kier alpha value is -1.12. The van der Waals surface area contributed by atoms with Gasteiger partial charge in [-0.15, -0.1) is 0 Å². The van der Waals surface area contributed by atoms with Gasteiger partial charge in [-0.25, -0.2) is 4.79 Å². The second-order valence-corrected chi connectivity index (χ2v) is 14.9. The fourth-order valence-corrected chi connectivity index (χ4v) is 4.35. The number of likely N-dealkylation sites (tertiary alicyclic amines) is 1. The van der Waals surface area contributed by atoms with Gasteiger partial charge in [-0.3, -0.25) is 9.69 Å². The van der Waals surface area contributed by atoms with E-state index in [1.54, 1.807) is 0 Å². The van der Waals surface area contributed by atoms with Crippen LogP contribution in [0.3, 0.4) is 0 Å². The van der Waals surface area contributed by atoms with E-state index in [2.05, 4.69) is 44.1 Å². The van der Waals surface area contributed by atoms with E-state index in [1.807, 2.05) is 20.8 Å². The molecule has 1 N–H and O–H groups in total. The van der Waals surface area contributed by atoms with Crippen LogP contribution < -0.4 is 5.32 Å². The van der Waals surface area contributed by atoms with Gasteiger partial charge in [0, 0.05) is 19.1 Å². The highest BCUT2D eigenvalue weighted by Gasteiger charge is 2.42. The summed E-state index contributed by atoms with van der Waals surface area (Å²) in [6, 6.07) is 0.156. The highest BCUT2D eigenvalue weighted by molar-refractivity contribution is 6.74. The van der Waals surface area contributed by atoms with Gasteiger partial charge in [0.1, 0.15) is 5.60 Å². The Morgan fingerprint density at radius 2 is 1.75 bits per heavy atom. The summed E-state index contributed by atoms with van der Waals surface area (Å²) in [4.78, 5) is 25.8. The summed E-state index contributed by atoms with van der Waals surface area (Å²) in [5.74, 6) is -0.252. The zero-order valence-corrected chi connectivity index (χ0v) is 20.2. The van der Waals surface area contributed by atoms with Crippen LogP contribution in [0.2, 0.25) is 18.1 Å². The number of esters is 1. The Balaban J connectivity index is 2.67. The third kappa shape index (κ3) is 8.09. The molecule has 0 aromatic carbocycles. The molecule has 2 atom stereocenters. The van der Waals surface area contributed by atoms with E-state index in [4.69, 9.17) is 13.9 Å². The fourth-order valence-electron chi connectivity index (χ4n) is 3.00. The zero-order chi connectivity index (χ0) is 21.8. The molecule has 1 fully saturated rings. The van der Waals surface area contributed by atoms with Crippen molar-refractivity contribution >= 4 is 20.4 Å². The molecule has 0 spiro atoms. The summed E-state index contributed by atoms with van der Waals surface area (Å²) in [5.41, 5.74) is -0.517. The first-order valence-electron chi connectivity index (χ1n) is 10.1. The van der Waals surface area contributed by atoms with Crippen LogP contribution in [0.5, 0.6) is 0 Å². The topological polar surface area (TPSA) is 77.1 Å². The maximum atomic E-state index is 11.9. The van der Waals surface area contributed by atoms with E-state index in [-0.39, 0.29) is 29.7 Å². The third-order valence-corrected chi connectivity index (χ3v) is 10.00. The molecular weight excluding hydrogens is 376 g/mol. The van der Waals surface area contributed by atoms with Crippen LogP contribution >= 0.6 is 0 Å². The minimum atomic E-state index is -1.89. The maximum absolute atomic E-state index is 11.9. The first-order chi connectivity index (χ1) is 12.6. The van der Waals surface area contributed by atoms with Crippen LogP contribution in [0.25, 0.3) is 0 Å². The van der Waals surface area contributed by atoms with Crippen LogP contribution in [-0.2, 0) is 18.7 Å². The first-order valence-corrected chi connectivity index (χ1v) is 13.0. The molecule has 0 bridgehead atoms. The van der Waals surface area contributed by atoms with Crippen molar-refractivity contribution in [2.45, 2.75) is 90.3 Å². The van der Waals surface area contributed by atoms with Crippen LogP contribution in [0.4, 0.5) is 4.79 Å². The van der Waals surface area contributed by atoms with E-state index >= 15 is 0 Å². The minimum Gasteiger partial charge on any atom is -0.468 e. The lowest BCUT2D eigenvalue weighted by Gasteiger charge is -2.38. The molecule has 8 heteroatoms. The summed E-state index contributed by atoms with van der Waals surface area (Å²) in [5, 5.41) is 2.94. The van der Waals surface area contributed by atoms with Crippen molar-refractivity contribution in [2.75, 3.05) is 26.7 Å². The molecule has 0 radical (unpaired) electrons. The lowest BCUT2D eigenvalue weighted by atomic mass is 10.1. The van der Waals surface area contributed by atoms with E-state index in [1.165, 1.54) is 7.11 Å². The molecule has 7 nitrogen and oxygen atoms in total. The number of carbonyl (C=O) groups excluding carboxylic acids is 2. The first kappa shape index (κ1) is 24.9. The number of nitrogens with one attached hydrogen (secondary N) is 1. The van der Waals surface area contributed by atoms with E-state index in [0.29, 0.717) is 13.1 Å². The second-order valence-electron chi connectivity index (χ2n) is 10.1. The average Bonchev–Trinajstić information content (AvgIpc) is 2.84. The monoisotopic (exact) mass is 416 g/mol. The normalized spacial score (nSPS) is 21.5. The summed E-state index contributed by atoms with van der Waals surface area (Å²) in [6.07, 6.45) is 1.25. The molecule has 28 heavy (non-hydrogen) atoms. The van der Waals surface area contributed by atoms with Gasteiger partial charge in [0.25, 0.3) is 0 Å². The Morgan fingerprint density at radius 1 is 1.14 bits per heavy atom. The number of amides is 1. The van der Waals surface area contributed by atoms with E-state index in [9.17, 15) is 9.59 Å². The van der Waals surface area contributed by atoms with E-state index < -0.39 is 20.0 Å². The molecule has 0 aromatic heterocycles. The van der Waals surface area contributed by atoms with Crippen molar-refractivity contribution in [1.82, 2.24) is 10.2 Å². The van der Waals surface area contributed by atoms with Crippen molar-refractivity contribution in [3.05, 3.63) is 0 Å². The molecule has 0 aliphatic carbocycles. The standard InChI is InChI=1S/C20H40N2O5Si/c1-19(2,3)26-18(24)21-11-10-15-12-16(13-22(15)14-17(23)25-7)27-28(8,9)20(4,5)6/h15-16H,10-14H2,1-9H3,(H,21,24)/t15-,16+/m0/s1. The maximum Gasteiger partial charge on any atom is 0.407 e. The second kappa shape index (κ2) is 9.58. The average molecular weight is 417 g/mol. The molecule has 164 valence electrons. The molecule has 1 heterocycles. The lowest BCUT2D eigenvalue weighted by Crippen LogP contribution is -2.44. The fraction of sp³-hybridized carbons (Fsp3) is 0.900. The van der Waals surface area contributed by atoms with Gasteiger partial charge in [0.15, 0.2) is 8.32 Å². The SMILES string of the molecule is COC(=O)CN1C[C@H](O[Si](C)(C)C(C)(C)C)C[C@@H]1CCNC(=O)OC(C)(C)C. The number of hydrogen-bond donors (Lipinski definition) is 1. The lowest BCUT2D eigenvalue weighted by molar-refractivity contribution is -0.142. The summed E-state index contributed by atoms with van der Waals surface area (Å²) in [6.45, 7) is 18.1. The number of rotatable bonds is 7. The molecule has 0 saturated carbocycles. The van der Waals surface area contributed by atoms with Crippen molar-refractivity contribution in [2.24, 2.45) is 0 Å². The molecular formula is C20H40N2O5Si. The number of methoxy groups -OCH3 is 1.